The van der Waals surface area contributed by atoms with E-state index >= 15 is 0 Å². The maximum atomic E-state index is 11.8. The number of benzene rings is 1. The smallest absolute Gasteiger partial charge is 0.325 e. The summed E-state index contributed by atoms with van der Waals surface area (Å²) in [6, 6.07) is 7.80. The molecule has 1 rings (SSSR count). The quantitative estimate of drug-likeness (QED) is 0.909. The number of rotatable bonds is 3. The molecule has 0 aliphatic heterocycles. The van der Waals surface area contributed by atoms with Crippen LogP contribution in [0, 0.1) is 11.3 Å². The summed E-state index contributed by atoms with van der Waals surface area (Å²) in [6.07, 6.45) is 0. The number of thioether (sulfide) groups is 1. The fourth-order valence-electron chi connectivity index (χ4n) is 1.01. The standard InChI is InChI=1S/C10H7F3N2OS/c11-10(12,13)17-6-9(16)15-8-3-1-2-7(4-8)5-14/h1-4H,6H2,(H,15,16). The van der Waals surface area contributed by atoms with Crippen LogP contribution in [0.15, 0.2) is 24.3 Å². The summed E-state index contributed by atoms with van der Waals surface area (Å²) in [5.41, 5.74) is -3.80. The van der Waals surface area contributed by atoms with Crippen LogP contribution in [0.3, 0.4) is 0 Å². The molecule has 7 heteroatoms. The second-order valence-corrected chi connectivity index (χ2v) is 4.02. The molecule has 3 nitrogen and oxygen atoms in total. The molecular weight excluding hydrogens is 253 g/mol. The van der Waals surface area contributed by atoms with Gasteiger partial charge in [0.1, 0.15) is 0 Å². The first-order valence-electron chi connectivity index (χ1n) is 4.41. The first kappa shape index (κ1) is 13.4. The molecular formula is C10H7F3N2OS. The Labute approximate surface area is 99.6 Å². The zero-order valence-electron chi connectivity index (χ0n) is 8.41. The molecule has 1 amide bonds. The maximum Gasteiger partial charge on any atom is 0.442 e. The van der Waals surface area contributed by atoms with E-state index in [0.717, 1.165) is 0 Å². The zero-order chi connectivity index (χ0) is 12.9. The lowest BCUT2D eigenvalue weighted by Gasteiger charge is -2.07. The second-order valence-electron chi connectivity index (χ2n) is 2.98. The van der Waals surface area contributed by atoms with Gasteiger partial charge in [-0.15, -0.1) is 0 Å². The van der Waals surface area contributed by atoms with E-state index < -0.39 is 28.9 Å². The fraction of sp³-hybridized carbons (Fsp3) is 0.200. The van der Waals surface area contributed by atoms with Gasteiger partial charge in [-0.3, -0.25) is 4.79 Å². The number of hydrogen-bond acceptors (Lipinski definition) is 3. The lowest BCUT2D eigenvalue weighted by atomic mass is 10.2. The summed E-state index contributed by atoms with van der Waals surface area (Å²) in [4.78, 5) is 11.1. The molecule has 0 fully saturated rings. The molecule has 0 bridgehead atoms. The summed E-state index contributed by atoms with van der Waals surface area (Å²) in [5.74, 6) is -1.47. The van der Waals surface area contributed by atoms with Gasteiger partial charge in [-0.25, -0.2) is 0 Å². The van der Waals surface area contributed by atoms with Crippen LogP contribution in [-0.4, -0.2) is 17.2 Å². The summed E-state index contributed by atoms with van der Waals surface area (Å²) in [5, 5.41) is 10.9. The van der Waals surface area contributed by atoms with E-state index in [2.05, 4.69) is 5.32 Å². The molecule has 0 saturated heterocycles. The van der Waals surface area contributed by atoms with E-state index in [-0.39, 0.29) is 0 Å². The van der Waals surface area contributed by atoms with E-state index in [1.165, 1.54) is 24.3 Å². The maximum absolute atomic E-state index is 11.8. The largest absolute Gasteiger partial charge is 0.442 e. The number of anilines is 1. The number of nitrogens with one attached hydrogen (secondary N) is 1. The van der Waals surface area contributed by atoms with E-state index in [1.807, 2.05) is 6.07 Å². The first-order valence-corrected chi connectivity index (χ1v) is 5.40. The van der Waals surface area contributed by atoms with Crippen molar-refractivity contribution in [1.82, 2.24) is 0 Å². The molecule has 1 aromatic rings. The molecule has 1 N–H and O–H groups in total. The predicted octanol–water partition coefficient (Wildman–Crippen LogP) is 2.75. The molecule has 0 radical (unpaired) electrons. The number of nitriles is 1. The lowest BCUT2D eigenvalue weighted by molar-refractivity contribution is -0.114. The summed E-state index contributed by atoms with van der Waals surface area (Å²) in [7, 11) is 0. The third-order valence-electron chi connectivity index (χ3n) is 1.64. The van der Waals surface area contributed by atoms with Gasteiger partial charge >= 0.3 is 5.51 Å². The zero-order valence-corrected chi connectivity index (χ0v) is 9.23. The Morgan fingerprint density at radius 1 is 1.47 bits per heavy atom. The number of nitrogens with zero attached hydrogens (tertiary/aromatic N) is 1. The Bertz CT molecular complexity index is 454. The van der Waals surface area contributed by atoms with Gasteiger partial charge in [0.05, 0.1) is 17.4 Å². The van der Waals surface area contributed by atoms with Crippen LogP contribution in [0.4, 0.5) is 18.9 Å². The van der Waals surface area contributed by atoms with Crippen molar-refractivity contribution >= 4 is 23.4 Å². The van der Waals surface area contributed by atoms with Gasteiger partial charge in [-0.2, -0.15) is 18.4 Å². The average molecular weight is 260 g/mol. The molecule has 0 heterocycles. The van der Waals surface area contributed by atoms with Gasteiger partial charge in [0, 0.05) is 5.69 Å². The third kappa shape index (κ3) is 5.26. The van der Waals surface area contributed by atoms with Crippen molar-refractivity contribution < 1.29 is 18.0 Å². The summed E-state index contributed by atoms with van der Waals surface area (Å²) in [6.45, 7) is 0. The molecule has 17 heavy (non-hydrogen) atoms. The van der Waals surface area contributed by atoms with E-state index in [9.17, 15) is 18.0 Å². The molecule has 0 aliphatic rings. The molecule has 0 atom stereocenters. The number of halogens is 3. The van der Waals surface area contributed by atoms with Crippen LogP contribution in [0.2, 0.25) is 0 Å². The minimum absolute atomic E-state index is 0.303. The first-order chi connectivity index (χ1) is 7.90. The Kier molecular flexibility index (Phi) is 4.40. The van der Waals surface area contributed by atoms with Crippen LogP contribution in [0.5, 0.6) is 0 Å². The molecule has 0 unspecified atom stereocenters. The SMILES string of the molecule is N#Cc1cccc(NC(=O)CSC(F)(F)F)c1. The highest BCUT2D eigenvalue weighted by atomic mass is 32.2. The number of carbonyl (C=O) groups is 1. The Morgan fingerprint density at radius 2 is 2.18 bits per heavy atom. The van der Waals surface area contributed by atoms with Crippen LogP contribution in [-0.2, 0) is 4.79 Å². The molecule has 1 aromatic carbocycles. The van der Waals surface area contributed by atoms with Gasteiger partial charge in [0.25, 0.3) is 0 Å². The van der Waals surface area contributed by atoms with Crippen molar-refractivity contribution in [1.29, 1.82) is 5.26 Å². The van der Waals surface area contributed by atoms with Gasteiger partial charge in [-0.05, 0) is 30.0 Å². The minimum atomic E-state index is -4.42. The number of alkyl halides is 3. The Hall–Kier alpha value is -1.68. The lowest BCUT2D eigenvalue weighted by Crippen LogP contribution is -2.17. The Balaban J connectivity index is 2.54. The molecule has 0 aliphatic carbocycles. The monoisotopic (exact) mass is 260 g/mol. The van der Waals surface area contributed by atoms with Crippen molar-refractivity contribution in [2.24, 2.45) is 0 Å². The van der Waals surface area contributed by atoms with Crippen molar-refractivity contribution in [3.8, 4) is 6.07 Å². The van der Waals surface area contributed by atoms with E-state index in [0.29, 0.717) is 11.3 Å². The van der Waals surface area contributed by atoms with Crippen LogP contribution < -0.4 is 5.32 Å². The molecule has 0 spiro atoms. The number of hydrogen-bond donors (Lipinski definition) is 1. The summed E-state index contributed by atoms with van der Waals surface area (Å²) < 4.78 is 35.4. The van der Waals surface area contributed by atoms with E-state index in [1.54, 1.807) is 0 Å². The molecule has 90 valence electrons. The molecule has 0 aromatic heterocycles. The second kappa shape index (κ2) is 5.59. The predicted molar refractivity (Wildman–Crippen MR) is 58.3 cm³/mol. The molecule has 0 saturated carbocycles. The highest BCUT2D eigenvalue weighted by Gasteiger charge is 2.29. The highest BCUT2D eigenvalue weighted by Crippen LogP contribution is 2.29. The van der Waals surface area contributed by atoms with Gasteiger partial charge in [0.15, 0.2) is 0 Å². The van der Waals surface area contributed by atoms with Crippen molar-refractivity contribution in [3.05, 3.63) is 29.8 Å². The van der Waals surface area contributed by atoms with Gasteiger partial charge in [-0.1, -0.05) is 6.07 Å². The third-order valence-corrected chi connectivity index (χ3v) is 2.38. The minimum Gasteiger partial charge on any atom is -0.325 e. The van der Waals surface area contributed by atoms with Gasteiger partial charge in [0.2, 0.25) is 5.91 Å². The fourth-order valence-corrected chi connectivity index (χ4v) is 1.38. The van der Waals surface area contributed by atoms with Gasteiger partial charge < -0.3 is 5.32 Å². The average Bonchev–Trinajstić information content (AvgIpc) is 2.26. The van der Waals surface area contributed by atoms with E-state index in [4.69, 9.17) is 5.26 Å². The highest BCUT2D eigenvalue weighted by molar-refractivity contribution is 8.00. The van der Waals surface area contributed by atoms with Crippen molar-refractivity contribution in [2.75, 3.05) is 11.1 Å². The normalized spacial score (nSPS) is 10.7. The van der Waals surface area contributed by atoms with Crippen LogP contribution >= 0.6 is 11.8 Å². The number of amides is 1. The van der Waals surface area contributed by atoms with Crippen LogP contribution in [0.25, 0.3) is 0 Å². The summed E-state index contributed by atoms with van der Waals surface area (Å²) >= 11 is -0.406. The number of carbonyl (C=O) groups excluding carboxylic acids is 1. The van der Waals surface area contributed by atoms with Crippen LogP contribution in [0.1, 0.15) is 5.56 Å². The van der Waals surface area contributed by atoms with Crippen molar-refractivity contribution in [3.63, 3.8) is 0 Å². The van der Waals surface area contributed by atoms with Crippen molar-refractivity contribution in [2.45, 2.75) is 5.51 Å². The Morgan fingerprint density at radius 3 is 2.76 bits per heavy atom. The topological polar surface area (TPSA) is 52.9 Å².